The first-order valence-corrected chi connectivity index (χ1v) is 10.9. The van der Waals surface area contributed by atoms with Crippen molar-refractivity contribution in [3.05, 3.63) is 35.2 Å². The highest BCUT2D eigenvalue weighted by molar-refractivity contribution is 7.89. The summed E-state index contributed by atoms with van der Waals surface area (Å²) in [6, 6.07) is 3.68. The smallest absolute Gasteiger partial charge is 0.241 e. The zero-order valence-corrected chi connectivity index (χ0v) is 16.4. The van der Waals surface area contributed by atoms with Crippen molar-refractivity contribution < 1.29 is 13.5 Å². The molecular formula is C20H26N2O3S. The van der Waals surface area contributed by atoms with Crippen molar-refractivity contribution in [3.63, 3.8) is 0 Å². The fourth-order valence-corrected chi connectivity index (χ4v) is 5.33. The van der Waals surface area contributed by atoms with E-state index in [1.165, 1.54) is 0 Å². The van der Waals surface area contributed by atoms with Crippen LogP contribution in [0.15, 0.2) is 23.2 Å². The Bertz CT molecular complexity index is 976. The SMILES string of the molecule is CC(C)CNS(=O)(=O)c1cc2c(c3cnc(C4CC4)cc13)C(C)(O)CC2. The second-order valence-electron chi connectivity index (χ2n) is 8.36. The standard InChI is InChI=1S/C20H26N2O3S/c1-12(2)10-22-26(24,25)18-8-14-6-7-20(3,23)19(14)16-11-21-17(9-15(16)18)13-4-5-13/h8-9,11-13,22-23H,4-7,10H2,1-3H3. The molecule has 0 bridgehead atoms. The van der Waals surface area contributed by atoms with E-state index in [1.54, 1.807) is 19.2 Å². The molecule has 0 amide bonds. The van der Waals surface area contributed by atoms with Gasteiger partial charge in [-0.15, -0.1) is 0 Å². The molecule has 0 radical (unpaired) electrons. The quantitative estimate of drug-likeness (QED) is 0.842. The normalized spacial score (nSPS) is 23.0. The molecule has 4 rings (SSSR count). The fraction of sp³-hybridized carbons (Fsp3) is 0.550. The summed E-state index contributed by atoms with van der Waals surface area (Å²) >= 11 is 0. The molecule has 26 heavy (non-hydrogen) atoms. The molecule has 1 unspecified atom stereocenters. The van der Waals surface area contributed by atoms with Crippen LogP contribution in [0.3, 0.4) is 0 Å². The molecule has 2 aromatic rings. The number of nitrogens with zero attached hydrogens (tertiary/aromatic N) is 1. The van der Waals surface area contributed by atoms with E-state index in [0.717, 1.165) is 35.0 Å². The van der Waals surface area contributed by atoms with Gasteiger partial charge in [0.15, 0.2) is 0 Å². The van der Waals surface area contributed by atoms with Gasteiger partial charge in [0, 0.05) is 35.1 Å². The zero-order valence-electron chi connectivity index (χ0n) is 15.5. The maximum Gasteiger partial charge on any atom is 0.241 e. The van der Waals surface area contributed by atoms with Crippen molar-refractivity contribution in [1.29, 1.82) is 0 Å². The van der Waals surface area contributed by atoms with Gasteiger partial charge in [0.1, 0.15) is 0 Å². The third-order valence-electron chi connectivity index (χ3n) is 5.47. The molecule has 0 saturated heterocycles. The Hall–Kier alpha value is -1.50. The third kappa shape index (κ3) is 3.04. The minimum absolute atomic E-state index is 0.231. The molecule has 5 nitrogen and oxygen atoms in total. The Morgan fingerprint density at radius 3 is 2.69 bits per heavy atom. The van der Waals surface area contributed by atoms with Gasteiger partial charge in [-0.25, -0.2) is 13.1 Å². The summed E-state index contributed by atoms with van der Waals surface area (Å²) in [4.78, 5) is 4.90. The highest BCUT2D eigenvalue weighted by atomic mass is 32.2. The van der Waals surface area contributed by atoms with Gasteiger partial charge in [0.05, 0.1) is 10.5 Å². The van der Waals surface area contributed by atoms with E-state index in [4.69, 9.17) is 0 Å². The van der Waals surface area contributed by atoms with Crippen molar-refractivity contribution in [3.8, 4) is 0 Å². The minimum Gasteiger partial charge on any atom is -0.385 e. The van der Waals surface area contributed by atoms with Gasteiger partial charge in [0.25, 0.3) is 0 Å². The van der Waals surface area contributed by atoms with E-state index in [-0.39, 0.29) is 5.92 Å². The van der Waals surface area contributed by atoms with E-state index in [0.29, 0.717) is 35.6 Å². The monoisotopic (exact) mass is 374 g/mol. The van der Waals surface area contributed by atoms with Crippen LogP contribution in [0.1, 0.15) is 62.8 Å². The Kier molecular flexibility index (Phi) is 4.13. The average molecular weight is 375 g/mol. The van der Waals surface area contributed by atoms with Crippen molar-refractivity contribution >= 4 is 20.8 Å². The summed E-state index contributed by atoms with van der Waals surface area (Å²) in [5.41, 5.74) is 1.76. The van der Waals surface area contributed by atoms with Crippen LogP contribution in [0.25, 0.3) is 10.8 Å². The van der Waals surface area contributed by atoms with Crippen LogP contribution in [-0.2, 0) is 22.0 Å². The molecule has 1 aromatic heterocycles. The number of aliphatic hydroxyl groups is 1. The van der Waals surface area contributed by atoms with Crippen LogP contribution in [0.5, 0.6) is 0 Å². The first-order chi connectivity index (χ1) is 12.2. The van der Waals surface area contributed by atoms with Gasteiger partial charge in [-0.2, -0.15) is 0 Å². The van der Waals surface area contributed by atoms with E-state index < -0.39 is 15.6 Å². The lowest BCUT2D eigenvalue weighted by atomic mass is 9.93. The van der Waals surface area contributed by atoms with Crippen molar-refractivity contribution in [2.24, 2.45) is 5.92 Å². The van der Waals surface area contributed by atoms with Crippen molar-refractivity contribution in [2.45, 2.75) is 62.9 Å². The van der Waals surface area contributed by atoms with Crippen LogP contribution in [0, 0.1) is 5.92 Å². The van der Waals surface area contributed by atoms with Crippen LogP contribution in [-0.4, -0.2) is 25.1 Å². The number of nitrogens with one attached hydrogen (secondary N) is 1. The average Bonchev–Trinajstić information content (AvgIpc) is 3.37. The van der Waals surface area contributed by atoms with Crippen LogP contribution < -0.4 is 4.72 Å². The lowest BCUT2D eigenvalue weighted by molar-refractivity contribution is 0.0608. The number of aromatic nitrogens is 1. The van der Waals surface area contributed by atoms with E-state index in [9.17, 15) is 13.5 Å². The molecule has 1 heterocycles. The van der Waals surface area contributed by atoms with Crippen molar-refractivity contribution in [1.82, 2.24) is 9.71 Å². The molecule has 1 atom stereocenters. The second kappa shape index (κ2) is 6.01. The van der Waals surface area contributed by atoms with Gasteiger partial charge in [-0.3, -0.25) is 4.98 Å². The number of sulfonamides is 1. The molecule has 2 aliphatic rings. The van der Waals surface area contributed by atoms with Gasteiger partial charge < -0.3 is 5.11 Å². The first kappa shape index (κ1) is 17.9. The topological polar surface area (TPSA) is 79.3 Å². The number of pyridine rings is 1. The highest BCUT2D eigenvalue weighted by Gasteiger charge is 2.36. The predicted molar refractivity (Wildman–Crippen MR) is 102 cm³/mol. The van der Waals surface area contributed by atoms with Crippen molar-refractivity contribution in [2.75, 3.05) is 6.54 Å². The maximum atomic E-state index is 13.0. The lowest BCUT2D eigenvalue weighted by Gasteiger charge is -2.21. The van der Waals surface area contributed by atoms with Crippen LogP contribution >= 0.6 is 0 Å². The lowest BCUT2D eigenvalue weighted by Crippen LogP contribution is -2.28. The number of benzene rings is 1. The summed E-state index contributed by atoms with van der Waals surface area (Å²) in [5.74, 6) is 0.669. The van der Waals surface area contributed by atoms with Gasteiger partial charge in [-0.1, -0.05) is 13.8 Å². The molecule has 0 aliphatic heterocycles. The summed E-state index contributed by atoms with van der Waals surface area (Å²) < 4.78 is 28.8. The molecule has 6 heteroatoms. The Balaban J connectivity index is 1.95. The molecule has 2 aliphatic carbocycles. The molecule has 140 valence electrons. The fourth-order valence-electron chi connectivity index (χ4n) is 3.87. The number of rotatable bonds is 5. The second-order valence-corrected chi connectivity index (χ2v) is 10.1. The van der Waals surface area contributed by atoms with Gasteiger partial charge >= 0.3 is 0 Å². The Labute approximate surface area is 154 Å². The Morgan fingerprint density at radius 1 is 1.31 bits per heavy atom. The number of fused-ring (bicyclic) bond motifs is 3. The number of hydrogen-bond donors (Lipinski definition) is 2. The largest absolute Gasteiger partial charge is 0.385 e. The molecular weight excluding hydrogens is 348 g/mol. The summed E-state index contributed by atoms with van der Waals surface area (Å²) in [6.45, 7) is 6.17. The maximum absolute atomic E-state index is 13.0. The minimum atomic E-state index is -3.62. The molecule has 0 spiro atoms. The van der Waals surface area contributed by atoms with Gasteiger partial charge in [-0.05, 0) is 61.8 Å². The highest BCUT2D eigenvalue weighted by Crippen LogP contribution is 2.45. The third-order valence-corrected chi connectivity index (χ3v) is 6.94. The summed E-state index contributed by atoms with van der Waals surface area (Å²) in [6.07, 6.45) is 5.26. The molecule has 1 fully saturated rings. The van der Waals surface area contributed by atoms with E-state index in [2.05, 4.69) is 9.71 Å². The van der Waals surface area contributed by atoms with Crippen LogP contribution in [0.2, 0.25) is 0 Å². The van der Waals surface area contributed by atoms with Crippen LogP contribution in [0.4, 0.5) is 0 Å². The Morgan fingerprint density at radius 2 is 2.04 bits per heavy atom. The molecule has 1 saturated carbocycles. The first-order valence-electron chi connectivity index (χ1n) is 9.37. The molecule has 1 aromatic carbocycles. The summed E-state index contributed by atoms with van der Waals surface area (Å²) in [7, 11) is -3.62. The molecule has 2 N–H and O–H groups in total. The van der Waals surface area contributed by atoms with Gasteiger partial charge in [0.2, 0.25) is 10.0 Å². The van der Waals surface area contributed by atoms with E-state index >= 15 is 0 Å². The predicted octanol–water partition coefficient (Wildman–Crippen LogP) is 3.20. The zero-order chi connectivity index (χ0) is 18.7. The number of aryl methyl sites for hydroxylation is 1. The number of hydrogen-bond acceptors (Lipinski definition) is 4. The summed E-state index contributed by atoms with van der Waals surface area (Å²) in [5, 5.41) is 12.3. The van der Waals surface area contributed by atoms with E-state index in [1.807, 2.05) is 19.9 Å².